The summed E-state index contributed by atoms with van der Waals surface area (Å²) in [6, 6.07) is 48.0. The molecule has 12 nitrogen and oxygen atoms in total. The fraction of sp³-hybridized carbons (Fsp3) is 0.160. The monoisotopic (exact) mass is 893 g/mol. The normalized spacial score (nSPS) is 18.2. The molecule has 7 rings (SSSR count). The summed E-state index contributed by atoms with van der Waals surface area (Å²) in [6.45, 7) is 3.44. The van der Waals surface area contributed by atoms with Crippen molar-refractivity contribution in [3.8, 4) is 0 Å². The molecule has 1 fully saturated rings. The molecule has 0 radical (unpaired) electrons. The Balaban J connectivity index is 1.32. The first-order chi connectivity index (χ1) is 31.1. The fourth-order valence-corrected chi connectivity index (χ4v) is 7.81. The Labute approximate surface area is 380 Å². The number of benzene rings is 6. The van der Waals surface area contributed by atoms with Gasteiger partial charge >= 0.3 is 23.9 Å². The van der Waals surface area contributed by atoms with Crippen LogP contribution in [0.3, 0.4) is 0 Å². The molecule has 2 N–H and O–H groups in total. The van der Waals surface area contributed by atoms with Crippen molar-refractivity contribution in [1.82, 2.24) is 0 Å². The average molecular weight is 894 g/mol. The molecule has 6 aromatic carbocycles. The van der Waals surface area contributed by atoms with E-state index in [4.69, 9.17) is 40.9 Å². The van der Waals surface area contributed by atoms with Crippen molar-refractivity contribution in [2.45, 2.75) is 43.7 Å². The number of thiocarbonyl (C=S) groups is 1. The number of rotatable bonds is 12. The number of esters is 4. The van der Waals surface area contributed by atoms with E-state index in [-0.39, 0.29) is 32.5 Å². The molecule has 0 spiro atoms. The van der Waals surface area contributed by atoms with Crippen LogP contribution in [0.4, 0.5) is 11.4 Å². The van der Waals surface area contributed by atoms with E-state index in [1.807, 2.05) is 62.4 Å². The number of nitrogens with one attached hydrogen (secondary N) is 2. The maximum absolute atomic E-state index is 14.1. The van der Waals surface area contributed by atoms with Gasteiger partial charge in [-0.2, -0.15) is 4.99 Å². The van der Waals surface area contributed by atoms with Crippen LogP contribution in [0, 0.1) is 13.8 Å². The molecule has 5 atom stereocenters. The summed E-state index contributed by atoms with van der Waals surface area (Å²) in [5.41, 5.74) is 2.91. The molecular weight excluding hydrogens is 851 g/mol. The van der Waals surface area contributed by atoms with Gasteiger partial charge < -0.3 is 34.3 Å². The first-order valence-corrected chi connectivity index (χ1v) is 21.5. The Morgan fingerprint density at radius 3 is 1.38 bits per heavy atom. The first kappa shape index (κ1) is 44.9. The third-order valence-corrected chi connectivity index (χ3v) is 11.0. The van der Waals surface area contributed by atoms with E-state index < -0.39 is 60.3 Å². The molecular formula is C50H43N3O9S2. The Kier molecular flexibility index (Phi) is 15.3. The number of amidine groups is 1. The van der Waals surface area contributed by atoms with Crippen LogP contribution in [0.15, 0.2) is 175 Å². The van der Waals surface area contributed by atoms with E-state index in [1.165, 1.54) is 0 Å². The second-order valence-electron chi connectivity index (χ2n) is 14.5. The minimum absolute atomic E-state index is 0.0784. The van der Waals surface area contributed by atoms with Gasteiger partial charge in [-0.25, -0.2) is 19.2 Å². The number of nitrogens with zero attached hydrogens (tertiary/aromatic N) is 1. The Hall–Kier alpha value is -7.13. The van der Waals surface area contributed by atoms with Crippen LogP contribution < -0.4 is 10.6 Å². The van der Waals surface area contributed by atoms with Crippen molar-refractivity contribution >= 4 is 69.5 Å². The molecule has 0 saturated carbocycles. The van der Waals surface area contributed by atoms with Gasteiger partial charge in [0, 0.05) is 11.4 Å². The number of carbonyl (C=O) groups excluding carboxylic acids is 4. The molecule has 324 valence electrons. The van der Waals surface area contributed by atoms with E-state index in [2.05, 4.69) is 10.6 Å². The summed E-state index contributed by atoms with van der Waals surface area (Å²) in [7, 11) is 0. The number of ether oxygens (including phenoxy) is 5. The Morgan fingerprint density at radius 1 is 0.531 bits per heavy atom. The average Bonchev–Trinajstić information content (AvgIpc) is 3.32. The van der Waals surface area contributed by atoms with Crippen LogP contribution in [0.25, 0.3) is 0 Å². The van der Waals surface area contributed by atoms with Crippen LogP contribution in [0.1, 0.15) is 52.6 Å². The lowest BCUT2D eigenvalue weighted by molar-refractivity contribution is -0.207. The number of aliphatic imine (C=N–C) groups is 1. The van der Waals surface area contributed by atoms with Crippen LogP contribution >= 0.6 is 24.0 Å². The molecule has 64 heavy (non-hydrogen) atoms. The van der Waals surface area contributed by atoms with Gasteiger partial charge in [-0.3, -0.25) is 0 Å². The van der Waals surface area contributed by atoms with E-state index >= 15 is 0 Å². The maximum Gasteiger partial charge on any atom is 0.338 e. The number of aryl methyl sites for hydroxylation is 2. The number of carbonyl (C=O) groups is 4. The maximum atomic E-state index is 14.1. The molecule has 0 aliphatic carbocycles. The first-order valence-electron chi connectivity index (χ1n) is 20.2. The summed E-state index contributed by atoms with van der Waals surface area (Å²) in [5, 5.41) is 6.70. The number of thioether (sulfide) groups is 1. The lowest BCUT2D eigenvalue weighted by atomic mass is 9.98. The quantitative estimate of drug-likeness (QED) is 0.0395. The summed E-state index contributed by atoms with van der Waals surface area (Å²) >= 11 is 6.71. The van der Waals surface area contributed by atoms with Gasteiger partial charge in [0.25, 0.3) is 0 Å². The van der Waals surface area contributed by atoms with E-state index in [0.717, 1.165) is 22.9 Å². The Bertz CT molecular complexity index is 2570. The topological polar surface area (TPSA) is 151 Å². The zero-order chi connectivity index (χ0) is 44.8. The van der Waals surface area contributed by atoms with Crippen LogP contribution in [-0.2, 0) is 23.7 Å². The number of anilines is 2. The molecule has 1 aliphatic heterocycles. The van der Waals surface area contributed by atoms with Gasteiger partial charge in [-0.05, 0) is 98.9 Å². The van der Waals surface area contributed by atoms with Crippen LogP contribution in [0.5, 0.6) is 0 Å². The molecule has 1 unspecified atom stereocenters. The molecule has 1 aliphatic rings. The lowest BCUT2D eigenvalue weighted by Gasteiger charge is -2.44. The van der Waals surface area contributed by atoms with Gasteiger partial charge in [0.1, 0.15) is 12.7 Å². The molecule has 6 aromatic rings. The summed E-state index contributed by atoms with van der Waals surface area (Å²) in [5.74, 6) is -3.09. The minimum atomic E-state index is -1.56. The smallest absolute Gasteiger partial charge is 0.338 e. The van der Waals surface area contributed by atoms with Crippen molar-refractivity contribution in [2.75, 3.05) is 17.2 Å². The highest BCUT2D eigenvalue weighted by Crippen LogP contribution is 2.37. The SMILES string of the molecule is Cc1ccc(NC(=S)/N=C(\Nc2ccc(C)cc2)SC2O[C@H](COC(=O)c3ccccc3)[C@@H](OC(=O)c3ccccc3)[C@H](OC(=O)c3ccccc3)[C@H]2OC(=O)c2ccccc2)cc1. The van der Waals surface area contributed by atoms with Crippen LogP contribution in [0.2, 0.25) is 0 Å². The fourth-order valence-electron chi connectivity index (χ4n) is 6.46. The van der Waals surface area contributed by atoms with Gasteiger partial charge in [-0.15, -0.1) is 0 Å². The van der Waals surface area contributed by atoms with Crippen molar-refractivity contribution in [3.63, 3.8) is 0 Å². The second-order valence-corrected chi connectivity index (χ2v) is 16.0. The van der Waals surface area contributed by atoms with Gasteiger partial charge in [-0.1, -0.05) is 120 Å². The highest BCUT2D eigenvalue weighted by atomic mass is 32.2. The summed E-state index contributed by atoms with van der Waals surface area (Å²) < 4.78 is 31.3. The predicted octanol–water partition coefficient (Wildman–Crippen LogP) is 9.46. The second kappa shape index (κ2) is 21.8. The zero-order valence-corrected chi connectivity index (χ0v) is 36.3. The van der Waals surface area contributed by atoms with E-state index in [0.29, 0.717) is 11.4 Å². The summed E-state index contributed by atoms with van der Waals surface area (Å²) in [4.78, 5) is 60.3. The Morgan fingerprint density at radius 2 is 0.922 bits per heavy atom. The third-order valence-electron chi connectivity index (χ3n) is 9.77. The largest absolute Gasteiger partial charge is 0.459 e. The molecule has 0 aromatic heterocycles. The number of hydrogen-bond donors (Lipinski definition) is 2. The summed E-state index contributed by atoms with van der Waals surface area (Å²) in [6.07, 6.45) is -5.87. The minimum Gasteiger partial charge on any atom is -0.459 e. The zero-order valence-electron chi connectivity index (χ0n) is 34.7. The van der Waals surface area contributed by atoms with Crippen molar-refractivity contribution in [3.05, 3.63) is 203 Å². The highest BCUT2D eigenvalue weighted by Gasteiger charge is 2.54. The van der Waals surface area contributed by atoms with Crippen molar-refractivity contribution < 1.29 is 42.9 Å². The van der Waals surface area contributed by atoms with Gasteiger partial charge in [0.15, 0.2) is 34.0 Å². The van der Waals surface area contributed by atoms with Crippen LogP contribution in [-0.4, -0.2) is 70.6 Å². The highest BCUT2D eigenvalue weighted by molar-refractivity contribution is 8.14. The predicted molar refractivity (Wildman–Crippen MR) is 250 cm³/mol. The third kappa shape index (κ3) is 12.3. The van der Waals surface area contributed by atoms with Crippen molar-refractivity contribution in [2.24, 2.45) is 4.99 Å². The van der Waals surface area contributed by atoms with E-state index in [1.54, 1.807) is 121 Å². The number of hydrogen-bond acceptors (Lipinski definition) is 11. The standard InChI is InChI=1S/C50H43N3O9S2/c1-32-23-27-38(28-24-32)51-49(63)53-50(52-39-29-25-33(2)26-30-39)64-48-43(62-47(57)37-21-13-6-14-22-37)42(61-46(56)36-19-11-5-12-20-36)41(60-45(55)35-17-9-4-10-18-35)40(59-48)31-58-44(54)34-15-7-3-8-16-34/h3-30,40-43,48H,31H2,1-2H3,(H2,51,52,53,63)/t40-,41-,42+,43-,48?/m1/s1. The molecule has 0 amide bonds. The van der Waals surface area contributed by atoms with Crippen molar-refractivity contribution in [1.29, 1.82) is 0 Å². The van der Waals surface area contributed by atoms with E-state index in [9.17, 15) is 19.2 Å². The molecule has 0 bridgehead atoms. The molecule has 14 heteroatoms. The molecule has 1 saturated heterocycles. The lowest BCUT2D eigenvalue weighted by Crippen LogP contribution is -2.62. The van der Waals surface area contributed by atoms with Gasteiger partial charge in [0.05, 0.1) is 22.3 Å². The van der Waals surface area contributed by atoms with Gasteiger partial charge in [0.2, 0.25) is 0 Å². The molecule has 1 heterocycles.